The summed E-state index contributed by atoms with van der Waals surface area (Å²) >= 11 is 0. The zero-order valence-electron chi connectivity index (χ0n) is 12.1. The van der Waals surface area contributed by atoms with Gasteiger partial charge >= 0.3 is 0 Å². The zero-order chi connectivity index (χ0) is 14.1. The van der Waals surface area contributed by atoms with Crippen molar-refractivity contribution in [3.05, 3.63) is 0 Å². The lowest BCUT2D eigenvalue weighted by atomic mass is 9.78. The molecule has 0 aliphatic carbocycles. The van der Waals surface area contributed by atoms with Crippen molar-refractivity contribution in [1.82, 2.24) is 4.90 Å². The standard InChI is InChI=1S/C14H25NO3/c1-9(2)6-11(16)8-15-12(17)7-14(5,10(3)4)13(15)18/h9-11,16H,6-8H2,1-5H3. The van der Waals surface area contributed by atoms with Gasteiger partial charge in [-0.1, -0.05) is 27.7 Å². The van der Waals surface area contributed by atoms with E-state index in [1.54, 1.807) is 0 Å². The topological polar surface area (TPSA) is 57.6 Å². The largest absolute Gasteiger partial charge is 0.391 e. The Balaban J connectivity index is 2.74. The van der Waals surface area contributed by atoms with Gasteiger partial charge in [0, 0.05) is 6.42 Å². The minimum absolute atomic E-state index is 0.126. The Morgan fingerprint density at radius 3 is 2.22 bits per heavy atom. The molecule has 4 heteroatoms. The lowest BCUT2D eigenvalue weighted by Crippen LogP contribution is -2.41. The van der Waals surface area contributed by atoms with Crippen LogP contribution in [-0.2, 0) is 9.59 Å². The van der Waals surface area contributed by atoms with Gasteiger partial charge in [0.15, 0.2) is 0 Å². The van der Waals surface area contributed by atoms with Crippen molar-refractivity contribution in [1.29, 1.82) is 0 Å². The lowest BCUT2D eigenvalue weighted by Gasteiger charge is -2.27. The molecule has 18 heavy (non-hydrogen) atoms. The number of imide groups is 1. The predicted molar refractivity (Wildman–Crippen MR) is 69.7 cm³/mol. The summed E-state index contributed by atoms with van der Waals surface area (Å²) in [5.74, 6) is 0.190. The molecule has 0 aromatic heterocycles. The molecule has 2 atom stereocenters. The molecule has 1 fully saturated rings. The van der Waals surface area contributed by atoms with Gasteiger partial charge in [0.05, 0.1) is 18.1 Å². The van der Waals surface area contributed by atoms with Crippen LogP contribution in [0, 0.1) is 17.3 Å². The quantitative estimate of drug-likeness (QED) is 0.762. The minimum atomic E-state index is -0.618. The highest BCUT2D eigenvalue weighted by molar-refractivity contribution is 6.05. The van der Waals surface area contributed by atoms with E-state index in [2.05, 4.69) is 0 Å². The highest BCUT2D eigenvalue weighted by atomic mass is 16.3. The molecule has 1 aliphatic heterocycles. The number of amides is 2. The fraction of sp³-hybridized carbons (Fsp3) is 0.857. The number of carbonyl (C=O) groups is 2. The number of aliphatic hydroxyl groups excluding tert-OH is 1. The smallest absolute Gasteiger partial charge is 0.235 e. The summed E-state index contributed by atoms with van der Waals surface area (Å²) in [5.41, 5.74) is -0.603. The molecular formula is C14H25NO3. The summed E-state index contributed by atoms with van der Waals surface area (Å²) in [6.45, 7) is 9.91. The van der Waals surface area contributed by atoms with Crippen LogP contribution in [0.2, 0.25) is 0 Å². The second-order valence-corrected chi connectivity index (χ2v) is 6.34. The van der Waals surface area contributed by atoms with Crippen LogP contribution in [-0.4, -0.2) is 34.5 Å². The van der Waals surface area contributed by atoms with Gasteiger partial charge in [-0.25, -0.2) is 0 Å². The number of hydrogen-bond donors (Lipinski definition) is 1. The zero-order valence-corrected chi connectivity index (χ0v) is 12.1. The van der Waals surface area contributed by atoms with Gasteiger partial charge in [0.25, 0.3) is 0 Å². The van der Waals surface area contributed by atoms with Crippen molar-refractivity contribution < 1.29 is 14.7 Å². The fourth-order valence-corrected chi connectivity index (χ4v) is 2.37. The molecule has 0 aromatic rings. The fourth-order valence-electron chi connectivity index (χ4n) is 2.37. The first kappa shape index (κ1) is 15.2. The van der Waals surface area contributed by atoms with E-state index in [1.807, 2.05) is 34.6 Å². The Morgan fingerprint density at radius 2 is 1.83 bits per heavy atom. The van der Waals surface area contributed by atoms with Crippen LogP contribution in [0.1, 0.15) is 47.5 Å². The van der Waals surface area contributed by atoms with Crippen LogP contribution in [0.15, 0.2) is 0 Å². The van der Waals surface area contributed by atoms with E-state index < -0.39 is 11.5 Å². The van der Waals surface area contributed by atoms with Gasteiger partial charge < -0.3 is 5.11 Å². The average Bonchev–Trinajstić information content (AvgIpc) is 2.42. The van der Waals surface area contributed by atoms with Crippen LogP contribution in [0.5, 0.6) is 0 Å². The van der Waals surface area contributed by atoms with E-state index in [-0.39, 0.29) is 30.7 Å². The van der Waals surface area contributed by atoms with E-state index in [0.29, 0.717) is 12.3 Å². The molecule has 2 amide bonds. The molecule has 1 heterocycles. The number of nitrogens with zero attached hydrogens (tertiary/aromatic N) is 1. The van der Waals surface area contributed by atoms with E-state index in [9.17, 15) is 14.7 Å². The maximum Gasteiger partial charge on any atom is 0.235 e. The molecular weight excluding hydrogens is 230 g/mol. The third-order valence-corrected chi connectivity index (χ3v) is 3.96. The molecule has 1 saturated heterocycles. The first-order valence-corrected chi connectivity index (χ1v) is 6.71. The maximum absolute atomic E-state index is 12.3. The summed E-state index contributed by atoms with van der Waals surface area (Å²) in [4.78, 5) is 25.5. The third kappa shape index (κ3) is 2.91. The molecule has 0 saturated carbocycles. The van der Waals surface area contributed by atoms with Gasteiger partial charge in [0.1, 0.15) is 0 Å². The van der Waals surface area contributed by atoms with Crippen LogP contribution in [0.4, 0.5) is 0 Å². The molecule has 0 spiro atoms. The number of likely N-dealkylation sites (tertiary alicyclic amines) is 1. The van der Waals surface area contributed by atoms with Gasteiger partial charge in [-0.3, -0.25) is 14.5 Å². The van der Waals surface area contributed by atoms with E-state index in [4.69, 9.17) is 0 Å². The predicted octanol–water partition coefficient (Wildman–Crippen LogP) is 1.81. The second kappa shape index (κ2) is 5.39. The minimum Gasteiger partial charge on any atom is -0.391 e. The Labute approximate surface area is 109 Å². The molecule has 0 bridgehead atoms. The van der Waals surface area contributed by atoms with Gasteiger partial charge in [0.2, 0.25) is 11.8 Å². The first-order valence-electron chi connectivity index (χ1n) is 6.71. The number of β-amino-alcohol motifs (C(OH)–C–C–N with tert-alkyl or cyclic N) is 1. The third-order valence-electron chi connectivity index (χ3n) is 3.96. The number of hydrogen-bond acceptors (Lipinski definition) is 3. The molecule has 0 aromatic carbocycles. The first-order chi connectivity index (χ1) is 8.18. The van der Waals surface area contributed by atoms with Crippen molar-refractivity contribution in [2.75, 3.05) is 6.54 Å². The van der Waals surface area contributed by atoms with Crippen molar-refractivity contribution >= 4 is 11.8 Å². The van der Waals surface area contributed by atoms with Gasteiger partial charge in [-0.15, -0.1) is 0 Å². The summed E-state index contributed by atoms with van der Waals surface area (Å²) in [6, 6.07) is 0. The summed E-state index contributed by atoms with van der Waals surface area (Å²) < 4.78 is 0. The van der Waals surface area contributed by atoms with Crippen molar-refractivity contribution in [3.63, 3.8) is 0 Å². The van der Waals surface area contributed by atoms with Crippen molar-refractivity contribution in [2.45, 2.75) is 53.6 Å². The summed E-state index contributed by atoms with van der Waals surface area (Å²) in [7, 11) is 0. The molecule has 4 nitrogen and oxygen atoms in total. The van der Waals surface area contributed by atoms with Crippen LogP contribution < -0.4 is 0 Å². The molecule has 0 radical (unpaired) electrons. The normalized spacial score (nSPS) is 26.6. The van der Waals surface area contributed by atoms with Crippen LogP contribution in [0.25, 0.3) is 0 Å². The Bertz CT molecular complexity index is 338. The number of aliphatic hydroxyl groups is 1. The van der Waals surface area contributed by atoms with E-state index in [1.165, 1.54) is 4.90 Å². The van der Waals surface area contributed by atoms with E-state index >= 15 is 0 Å². The highest BCUT2D eigenvalue weighted by Crippen LogP contribution is 2.39. The van der Waals surface area contributed by atoms with E-state index in [0.717, 1.165) is 0 Å². The molecule has 2 unspecified atom stereocenters. The van der Waals surface area contributed by atoms with Crippen molar-refractivity contribution in [2.24, 2.45) is 17.3 Å². The Kier molecular flexibility index (Phi) is 4.54. The highest BCUT2D eigenvalue weighted by Gasteiger charge is 2.50. The molecule has 1 aliphatic rings. The summed E-state index contributed by atoms with van der Waals surface area (Å²) in [5, 5.41) is 9.88. The van der Waals surface area contributed by atoms with Crippen LogP contribution >= 0.6 is 0 Å². The Hall–Kier alpha value is -0.900. The lowest BCUT2D eigenvalue weighted by molar-refractivity contribution is -0.143. The summed E-state index contributed by atoms with van der Waals surface area (Å²) in [6.07, 6.45) is 0.250. The number of rotatable bonds is 5. The number of carbonyl (C=O) groups excluding carboxylic acids is 2. The van der Waals surface area contributed by atoms with Crippen molar-refractivity contribution in [3.8, 4) is 0 Å². The van der Waals surface area contributed by atoms with Gasteiger partial charge in [-0.05, 0) is 25.2 Å². The van der Waals surface area contributed by atoms with Gasteiger partial charge in [-0.2, -0.15) is 0 Å². The van der Waals surface area contributed by atoms with Crippen LogP contribution in [0.3, 0.4) is 0 Å². The maximum atomic E-state index is 12.3. The second-order valence-electron chi connectivity index (χ2n) is 6.34. The molecule has 1 N–H and O–H groups in total. The monoisotopic (exact) mass is 255 g/mol. The molecule has 104 valence electrons. The Morgan fingerprint density at radius 1 is 1.28 bits per heavy atom. The average molecular weight is 255 g/mol. The SMILES string of the molecule is CC(C)CC(O)CN1C(=O)CC(C)(C(C)C)C1=O. The molecule has 1 rings (SSSR count).